The lowest BCUT2D eigenvalue weighted by atomic mass is 9.12. The molecule has 62 heavy (non-hydrogen) atoms. The molecule has 0 radical (unpaired) electrons. The highest BCUT2D eigenvalue weighted by atomic mass is 19.2. The van der Waals surface area contributed by atoms with Gasteiger partial charge in [0.25, 0.3) is 0 Å². The van der Waals surface area contributed by atoms with E-state index >= 15 is 35.1 Å². The van der Waals surface area contributed by atoms with E-state index in [1.165, 1.54) is 5.39 Å². The lowest BCUT2D eigenvalue weighted by Crippen LogP contribution is -2.81. The molecule has 0 fully saturated rings. The fourth-order valence-electron chi connectivity index (χ4n) is 6.71. The van der Waals surface area contributed by atoms with E-state index in [4.69, 9.17) is 4.84 Å². The minimum absolute atomic E-state index is 0.860. The molecule has 0 atom stereocenters. The molecule has 0 N–H and O–H groups in total. The van der Waals surface area contributed by atoms with Crippen molar-refractivity contribution in [3.63, 3.8) is 0 Å². The average Bonchev–Trinajstić information content (AvgIpc) is 3.27. The molecular weight excluding hydrogens is 889 g/mol. The lowest BCUT2D eigenvalue weighted by Gasteiger charge is -2.44. The minimum atomic E-state index is -7.22. The molecule has 0 saturated carbocycles. The van der Waals surface area contributed by atoms with E-state index in [-0.39, 0.29) is 0 Å². The second-order valence-corrected chi connectivity index (χ2v) is 12.6. The van der Waals surface area contributed by atoms with Gasteiger partial charge in [-0.05, 0) is 11.5 Å². The highest BCUT2D eigenvalue weighted by Gasteiger charge is 2.52. The molecule has 0 bridgehead atoms. The first kappa shape index (κ1) is 44.7. The number of benzene rings is 6. The van der Waals surface area contributed by atoms with Gasteiger partial charge in [-0.3, -0.25) is 0 Å². The van der Waals surface area contributed by atoms with Crippen molar-refractivity contribution in [3.8, 4) is 5.75 Å². The Morgan fingerprint density at radius 3 is 0.887 bits per heavy atom. The number of hydrogen-bond acceptors (Lipinski definition) is 1. The normalized spacial score (nSPS) is 11.5. The van der Waals surface area contributed by atoms with Crippen molar-refractivity contribution in [1.29, 1.82) is 0 Å². The molecule has 7 aromatic rings. The van der Waals surface area contributed by atoms with E-state index in [2.05, 4.69) is 18.2 Å². The molecule has 0 spiro atoms. The minimum Gasteiger partial charge on any atom is -0.231 e. The maximum absolute atomic E-state index is 15.4. The van der Waals surface area contributed by atoms with Crippen LogP contribution in [0.2, 0.25) is 0 Å². The van der Waals surface area contributed by atoms with Crippen molar-refractivity contribution in [2.75, 3.05) is 0 Å². The van der Waals surface area contributed by atoms with Gasteiger partial charge in [0.1, 0.15) is 52.7 Å². The van der Waals surface area contributed by atoms with Crippen LogP contribution < -0.4 is 31.4 Å². The summed E-state index contributed by atoms with van der Waals surface area (Å²) < 4.78 is 296. The third-order valence-corrected chi connectivity index (χ3v) is 9.35. The Hall–Kier alpha value is -6.81. The van der Waals surface area contributed by atoms with Gasteiger partial charge in [0.05, 0.1) is 0 Å². The second-order valence-electron chi connectivity index (χ2n) is 12.6. The Labute approximate surface area is 331 Å². The van der Waals surface area contributed by atoms with Crippen LogP contribution in [0.1, 0.15) is 0 Å². The molecule has 1 heterocycles. The van der Waals surface area contributed by atoms with Crippen LogP contribution in [-0.2, 0) is 0 Å². The molecule has 23 heteroatoms. The number of rotatable bonds is 6. The largest absolute Gasteiger partial charge is 0.231 e. The molecule has 0 aliphatic carbocycles. The van der Waals surface area contributed by atoms with Crippen molar-refractivity contribution in [3.05, 3.63) is 189 Å². The molecule has 2 nitrogen and oxygen atoms in total. The van der Waals surface area contributed by atoms with Gasteiger partial charge in [0, 0.05) is 22.2 Å². The fourth-order valence-corrected chi connectivity index (χ4v) is 6.71. The number of nitrogens with zero attached hydrogens (tertiary/aromatic N) is 1. The summed E-state index contributed by atoms with van der Waals surface area (Å²) in [5.74, 6) is -70.5. The predicted molar refractivity (Wildman–Crippen MR) is 176 cm³/mol. The SMILES string of the molecule is Fc1c(F)c(F)c([B-](c2c(F)c(F)c(F)c(F)c2F)(c2c(F)c(F)c(F)c(F)c2F)c2c(F)c(F)c(F)c(F)c2F)c(F)c1F.c1cc[n+](Oc2cccc3ccccc23)cc1. The van der Waals surface area contributed by atoms with E-state index in [1.807, 2.05) is 54.9 Å². The van der Waals surface area contributed by atoms with Crippen molar-refractivity contribution < 1.29 is 97.4 Å². The smallest absolute Gasteiger partial charge is 0.223 e. The van der Waals surface area contributed by atoms with Crippen molar-refractivity contribution in [1.82, 2.24) is 0 Å². The Kier molecular flexibility index (Phi) is 12.0. The number of halogens is 20. The predicted octanol–water partition coefficient (Wildman–Crippen LogP) is 8.82. The summed E-state index contributed by atoms with van der Waals surface area (Å²) in [5, 5.41) is 2.30. The third kappa shape index (κ3) is 6.78. The van der Waals surface area contributed by atoms with Crippen LogP contribution in [0.15, 0.2) is 73.1 Å². The van der Waals surface area contributed by atoms with Gasteiger partial charge in [0.15, 0.2) is 69.8 Å². The Bertz CT molecular complexity index is 2560. The molecule has 6 aromatic carbocycles. The zero-order chi connectivity index (χ0) is 45.9. The molecule has 322 valence electrons. The Morgan fingerprint density at radius 1 is 0.290 bits per heavy atom. The first-order valence-electron chi connectivity index (χ1n) is 16.5. The van der Waals surface area contributed by atoms with Gasteiger partial charge in [-0.15, -0.1) is 21.9 Å². The first-order chi connectivity index (χ1) is 29.1. The van der Waals surface area contributed by atoms with Crippen molar-refractivity contribution in [2.24, 2.45) is 0 Å². The highest BCUT2D eigenvalue weighted by molar-refractivity contribution is 7.20. The van der Waals surface area contributed by atoms with Crippen LogP contribution in [0.25, 0.3) is 10.8 Å². The number of pyridine rings is 1. The van der Waals surface area contributed by atoms with Gasteiger partial charge in [-0.2, -0.15) is 0 Å². The monoisotopic (exact) mass is 901 g/mol. The van der Waals surface area contributed by atoms with Crippen LogP contribution in [0.4, 0.5) is 87.8 Å². The molecule has 1 aromatic heterocycles. The lowest BCUT2D eigenvalue weighted by molar-refractivity contribution is -0.874. The zero-order valence-corrected chi connectivity index (χ0v) is 29.4. The standard InChI is InChI=1S/C24BF20.C15H12NO/c26-5-1(6(27)14(35)21(42)13(5)34)25(2-7(28)15(36)22(43)16(37)8(2)29,3-9(30)17(38)23(44)18(39)10(3)31)4-11(32)19(40)24(45)20(41)12(4)33;1-4-11-16(12-5-1)17-15-10-6-8-13-7-2-3-9-14(13)15/h;1-12H/q-1;+1. The average molecular weight is 901 g/mol. The van der Waals surface area contributed by atoms with E-state index in [9.17, 15) is 52.7 Å². The zero-order valence-electron chi connectivity index (χ0n) is 29.4. The van der Waals surface area contributed by atoms with Gasteiger partial charge in [0.2, 0.25) is 18.1 Å². The molecular formula is C39H12BF20NO. The summed E-state index contributed by atoms with van der Waals surface area (Å²) in [5.41, 5.74) is -14.3. The first-order valence-corrected chi connectivity index (χ1v) is 16.5. The van der Waals surface area contributed by atoms with Gasteiger partial charge in [-0.1, -0.05) is 42.5 Å². The Balaban J connectivity index is 0.000000311. The van der Waals surface area contributed by atoms with Gasteiger partial charge < -0.3 is 0 Å². The molecule has 0 aliphatic heterocycles. The topological polar surface area (TPSA) is 13.1 Å². The van der Waals surface area contributed by atoms with E-state index in [0.29, 0.717) is 0 Å². The van der Waals surface area contributed by atoms with Crippen LogP contribution in [0, 0.1) is 116 Å². The maximum Gasteiger partial charge on any atom is 0.223 e. The molecule has 7 rings (SSSR count). The summed E-state index contributed by atoms with van der Waals surface area (Å²) in [6, 6.07) is 20.1. The highest BCUT2D eigenvalue weighted by Crippen LogP contribution is 2.31. The number of aromatic nitrogens is 1. The van der Waals surface area contributed by atoms with E-state index in [0.717, 1.165) is 11.1 Å². The quantitative estimate of drug-likeness (QED) is 0.0535. The summed E-state index contributed by atoms with van der Waals surface area (Å²) in [6.07, 6.45) is -3.46. The van der Waals surface area contributed by atoms with Crippen molar-refractivity contribution in [2.45, 2.75) is 0 Å². The van der Waals surface area contributed by atoms with E-state index in [1.54, 1.807) is 4.73 Å². The maximum atomic E-state index is 15.4. The van der Waals surface area contributed by atoms with Gasteiger partial charge in [-0.25, -0.2) is 92.6 Å². The van der Waals surface area contributed by atoms with Gasteiger partial charge >= 0.3 is 0 Å². The number of fused-ring (bicyclic) bond motifs is 1. The third-order valence-electron chi connectivity index (χ3n) is 9.35. The Morgan fingerprint density at radius 2 is 0.565 bits per heavy atom. The molecule has 0 amide bonds. The van der Waals surface area contributed by atoms with Crippen LogP contribution in [0.3, 0.4) is 0 Å². The number of hydrogen-bond donors (Lipinski definition) is 0. The fraction of sp³-hybridized carbons (Fsp3) is 0. The summed E-state index contributed by atoms with van der Waals surface area (Å²) in [6.45, 7) is 0. The summed E-state index contributed by atoms with van der Waals surface area (Å²) in [7, 11) is 0. The second kappa shape index (κ2) is 16.6. The molecule has 0 aliphatic rings. The summed E-state index contributed by atoms with van der Waals surface area (Å²) in [4.78, 5) is 5.81. The van der Waals surface area contributed by atoms with Crippen LogP contribution in [-0.4, -0.2) is 6.15 Å². The molecule has 0 unspecified atom stereocenters. The van der Waals surface area contributed by atoms with Crippen molar-refractivity contribution >= 4 is 38.8 Å². The van der Waals surface area contributed by atoms with Crippen LogP contribution in [0.5, 0.6) is 5.75 Å². The molecule has 0 saturated heterocycles. The van der Waals surface area contributed by atoms with Crippen LogP contribution >= 0.6 is 0 Å². The summed E-state index contributed by atoms with van der Waals surface area (Å²) >= 11 is 0. The van der Waals surface area contributed by atoms with E-state index < -0.39 is 144 Å².